The quantitative estimate of drug-likeness (QED) is 0.281. The second-order valence-electron chi connectivity index (χ2n) is 6.54. The van der Waals surface area contributed by atoms with E-state index in [9.17, 15) is 0 Å². The van der Waals surface area contributed by atoms with E-state index in [-0.39, 0.29) is 0 Å². The molecule has 4 heterocycles. The fraction of sp³-hybridized carbons (Fsp3) is 0.0909. The van der Waals surface area contributed by atoms with Gasteiger partial charge in [0, 0.05) is 40.6 Å². The van der Waals surface area contributed by atoms with Crippen LogP contribution in [0.1, 0.15) is 5.56 Å². The van der Waals surface area contributed by atoms with Crippen LogP contribution in [0, 0.1) is 6.92 Å². The molecule has 0 N–H and O–H groups in total. The van der Waals surface area contributed by atoms with Crippen molar-refractivity contribution in [2.75, 3.05) is 6.26 Å². The normalized spacial score (nSPS) is 11.2. The number of aryl methyl sites for hydroxylation is 1. The number of hydrogen-bond acceptors (Lipinski definition) is 6. The van der Waals surface area contributed by atoms with Crippen molar-refractivity contribution in [2.45, 2.75) is 12.1 Å². The summed E-state index contributed by atoms with van der Waals surface area (Å²) in [5.41, 5.74) is 5.86. The molecule has 4 aromatic heterocycles. The number of pyridine rings is 1. The van der Waals surface area contributed by atoms with E-state index in [1.54, 1.807) is 23.1 Å². The average molecular weight is 416 g/mol. The Morgan fingerprint density at radius 2 is 1.86 bits per heavy atom. The molecule has 0 amide bonds. The van der Waals surface area contributed by atoms with Gasteiger partial charge in [0.15, 0.2) is 5.16 Å². The summed E-state index contributed by atoms with van der Waals surface area (Å²) in [5, 5.41) is 4.70. The van der Waals surface area contributed by atoms with E-state index in [1.807, 2.05) is 55.2 Å². The molecule has 0 bridgehead atoms. The molecule has 5 aromatic rings. The molecule has 5 nitrogen and oxygen atoms in total. The molecule has 1 aromatic carbocycles. The number of thiazole rings is 1. The molecule has 0 aliphatic carbocycles. The lowest BCUT2D eigenvalue weighted by Crippen LogP contribution is -1.94. The van der Waals surface area contributed by atoms with E-state index in [0.717, 1.165) is 49.4 Å². The minimum Gasteiger partial charge on any atom is -0.301 e. The number of benzene rings is 1. The van der Waals surface area contributed by atoms with Gasteiger partial charge in [0.1, 0.15) is 16.3 Å². The lowest BCUT2D eigenvalue weighted by molar-refractivity contribution is 0.960. The first kappa shape index (κ1) is 18.0. The molecule has 7 heteroatoms. The van der Waals surface area contributed by atoms with E-state index < -0.39 is 0 Å². The van der Waals surface area contributed by atoms with Gasteiger partial charge in [-0.3, -0.25) is 0 Å². The Hall–Kier alpha value is -3.03. The third kappa shape index (κ3) is 3.22. The lowest BCUT2D eigenvalue weighted by Gasteiger charge is -2.05. The highest BCUT2D eigenvalue weighted by molar-refractivity contribution is 7.98. The van der Waals surface area contributed by atoms with E-state index in [4.69, 9.17) is 9.97 Å². The number of para-hydroxylation sites is 1. The standard InChI is InChI=1S/C22H17N5S2/c1-14-12-24-22(28-2)26-19(14)17-13-27(15-6-4-3-5-7-15)20-16(17)8-9-18(25-20)21-23-10-11-29-21/h3-13H,1-2H3. The van der Waals surface area contributed by atoms with Gasteiger partial charge in [-0.05, 0) is 43.0 Å². The Kier molecular flexibility index (Phi) is 4.61. The van der Waals surface area contributed by atoms with Gasteiger partial charge in [0.25, 0.3) is 0 Å². The molecule has 0 unspecified atom stereocenters. The first-order chi connectivity index (χ1) is 14.2. The minimum absolute atomic E-state index is 0.763. The van der Waals surface area contributed by atoms with Crippen LogP contribution in [-0.2, 0) is 0 Å². The van der Waals surface area contributed by atoms with Gasteiger partial charge in [0.2, 0.25) is 0 Å². The summed E-state index contributed by atoms with van der Waals surface area (Å²) in [7, 11) is 0. The van der Waals surface area contributed by atoms with Crippen LogP contribution in [0.4, 0.5) is 0 Å². The molecule has 0 aliphatic rings. The molecular formula is C22H17N5S2. The Morgan fingerprint density at radius 1 is 1.00 bits per heavy atom. The summed E-state index contributed by atoms with van der Waals surface area (Å²) in [6.45, 7) is 2.04. The summed E-state index contributed by atoms with van der Waals surface area (Å²) < 4.78 is 2.13. The van der Waals surface area contributed by atoms with Crippen molar-refractivity contribution in [1.29, 1.82) is 0 Å². The molecule has 0 aliphatic heterocycles. The number of rotatable bonds is 4. The largest absolute Gasteiger partial charge is 0.301 e. The van der Waals surface area contributed by atoms with Gasteiger partial charge in [-0.1, -0.05) is 30.0 Å². The highest BCUT2D eigenvalue weighted by atomic mass is 32.2. The monoisotopic (exact) mass is 415 g/mol. The second kappa shape index (κ2) is 7.42. The van der Waals surface area contributed by atoms with E-state index in [2.05, 4.69) is 38.9 Å². The van der Waals surface area contributed by atoms with Crippen molar-refractivity contribution in [3.8, 4) is 27.6 Å². The first-order valence-corrected chi connectivity index (χ1v) is 11.2. The number of hydrogen-bond donors (Lipinski definition) is 0. The summed E-state index contributed by atoms with van der Waals surface area (Å²) >= 11 is 3.13. The van der Waals surface area contributed by atoms with Gasteiger partial charge in [-0.25, -0.2) is 19.9 Å². The molecule has 0 radical (unpaired) electrons. The summed E-state index contributed by atoms with van der Waals surface area (Å²) in [5.74, 6) is 0. The zero-order valence-corrected chi connectivity index (χ0v) is 17.5. The summed E-state index contributed by atoms with van der Waals surface area (Å²) in [6.07, 6.45) is 7.81. The molecule has 0 atom stereocenters. The SMILES string of the molecule is CSc1ncc(C)c(-c2cn(-c3ccccc3)c3nc(-c4nccs4)ccc23)n1. The van der Waals surface area contributed by atoms with Crippen LogP contribution in [-0.4, -0.2) is 30.8 Å². The smallest absolute Gasteiger partial charge is 0.187 e. The molecule has 0 saturated carbocycles. The number of fused-ring (bicyclic) bond motifs is 1. The minimum atomic E-state index is 0.763. The lowest BCUT2D eigenvalue weighted by atomic mass is 10.1. The zero-order valence-electron chi connectivity index (χ0n) is 15.9. The predicted molar refractivity (Wildman–Crippen MR) is 120 cm³/mol. The van der Waals surface area contributed by atoms with Crippen LogP contribution in [0.5, 0.6) is 0 Å². The average Bonchev–Trinajstić information content (AvgIpc) is 3.43. The molecule has 5 rings (SSSR count). The molecule has 0 saturated heterocycles. The fourth-order valence-corrected chi connectivity index (χ4v) is 4.29. The van der Waals surface area contributed by atoms with Gasteiger partial charge >= 0.3 is 0 Å². The third-order valence-corrected chi connectivity index (χ3v) is 6.08. The van der Waals surface area contributed by atoms with E-state index in [0.29, 0.717) is 0 Å². The number of aromatic nitrogens is 5. The van der Waals surface area contributed by atoms with Crippen LogP contribution in [0.15, 0.2) is 71.6 Å². The van der Waals surface area contributed by atoms with E-state index >= 15 is 0 Å². The van der Waals surface area contributed by atoms with Crippen molar-refractivity contribution in [3.05, 3.63) is 72.0 Å². The molecule has 0 fully saturated rings. The maximum absolute atomic E-state index is 4.97. The van der Waals surface area contributed by atoms with Crippen molar-refractivity contribution < 1.29 is 0 Å². The second-order valence-corrected chi connectivity index (χ2v) is 8.21. The fourth-order valence-electron chi connectivity index (χ4n) is 3.34. The number of nitrogens with zero attached hydrogens (tertiary/aromatic N) is 5. The maximum Gasteiger partial charge on any atom is 0.187 e. The van der Waals surface area contributed by atoms with Crippen LogP contribution < -0.4 is 0 Å². The van der Waals surface area contributed by atoms with Crippen LogP contribution >= 0.6 is 23.1 Å². The number of thioether (sulfide) groups is 1. The third-order valence-electron chi connectivity index (χ3n) is 4.72. The maximum atomic E-state index is 4.97. The van der Waals surface area contributed by atoms with Gasteiger partial charge in [-0.2, -0.15) is 0 Å². The molecule has 0 spiro atoms. The molecule has 29 heavy (non-hydrogen) atoms. The molecular weight excluding hydrogens is 398 g/mol. The molecule has 142 valence electrons. The van der Waals surface area contributed by atoms with Crippen molar-refractivity contribution in [1.82, 2.24) is 24.5 Å². The summed E-state index contributed by atoms with van der Waals surface area (Å²) in [6, 6.07) is 14.4. The summed E-state index contributed by atoms with van der Waals surface area (Å²) in [4.78, 5) is 18.6. The van der Waals surface area contributed by atoms with Crippen molar-refractivity contribution in [3.63, 3.8) is 0 Å². The Labute approximate surface area is 176 Å². The highest BCUT2D eigenvalue weighted by Crippen LogP contribution is 2.34. The van der Waals surface area contributed by atoms with Gasteiger partial charge in [0.05, 0.1) is 5.69 Å². The van der Waals surface area contributed by atoms with Crippen molar-refractivity contribution >= 4 is 34.1 Å². The first-order valence-electron chi connectivity index (χ1n) is 9.10. The Morgan fingerprint density at radius 3 is 2.62 bits per heavy atom. The highest BCUT2D eigenvalue weighted by Gasteiger charge is 2.17. The van der Waals surface area contributed by atoms with Crippen LogP contribution in [0.2, 0.25) is 0 Å². The van der Waals surface area contributed by atoms with Gasteiger partial charge in [-0.15, -0.1) is 11.3 Å². The predicted octanol–water partition coefficient (Wildman–Crippen LogP) is 5.64. The Bertz CT molecular complexity index is 1290. The van der Waals surface area contributed by atoms with Crippen molar-refractivity contribution in [2.24, 2.45) is 0 Å². The van der Waals surface area contributed by atoms with Crippen LogP contribution in [0.25, 0.3) is 38.7 Å². The van der Waals surface area contributed by atoms with Gasteiger partial charge < -0.3 is 4.57 Å². The topological polar surface area (TPSA) is 56.5 Å². The van der Waals surface area contributed by atoms with E-state index in [1.165, 1.54) is 0 Å². The van der Waals surface area contributed by atoms with Crippen LogP contribution in [0.3, 0.4) is 0 Å². The zero-order chi connectivity index (χ0) is 19.8. The Balaban J connectivity index is 1.80.